The van der Waals surface area contributed by atoms with Gasteiger partial charge >= 0.3 is 0 Å². The van der Waals surface area contributed by atoms with Crippen molar-refractivity contribution in [3.05, 3.63) is 37.1 Å². The predicted molar refractivity (Wildman–Crippen MR) is 83.5 cm³/mol. The Labute approximate surface area is 125 Å². The Morgan fingerprint density at radius 3 is 2.76 bits per heavy atom. The molecule has 2 saturated carbocycles. The Morgan fingerprint density at radius 1 is 1.10 bits per heavy atom. The Hall–Kier alpha value is -1.84. The van der Waals surface area contributed by atoms with E-state index in [0.29, 0.717) is 6.04 Å². The Kier molecular flexibility index (Phi) is 3.37. The van der Waals surface area contributed by atoms with E-state index in [4.69, 9.17) is 0 Å². The van der Waals surface area contributed by atoms with Crippen molar-refractivity contribution < 1.29 is 0 Å². The van der Waals surface area contributed by atoms with Crippen LogP contribution in [0.2, 0.25) is 0 Å². The molecular formula is C17H22N4. The first-order valence-corrected chi connectivity index (χ1v) is 8.09. The van der Waals surface area contributed by atoms with Crippen LogP contribution in [0, 0.1) is 11.8 Å². The Morgan fingerprint density at radius 2 is 2.05 bits per heavy atom. The lowest BCUT2D eigenvalue weighted by molar-refractivity contribution is 0.303. The van der Waals surface area contributed by atoms with Crippen molar-refractivity contribution in [2.45, 2.75) is 44.6 Å². The highest BCUT2D eigenvalue weighted by Crippen LogP contribution is 2.44. The number of pyridine rings is 1. The molecule has 2 aliphatic carbocycles. The third-order valence-corrected chi connectivity index (χ3v) is 4.89. The van der Waals surface area contributed by atoms with Crippen molar-refractivity contribution in [3.63, 3.8) is 0 Å². The first kappa shape index (κ1) is 12.9. The minimum Gasteiger partial charge on any atom is -0.381 e. The van der Waals surface area contributed by atoms with Crippen LogP contribution in [0.3, 0.4) is 0 Å². The first-order chi connectivity index (χ1) is 10.4. The average Bonchev–Trinajstić information content (AvgIpc) is 3.24. The molecule has 2 fully saturated rings. The molecule has 0 saturated heterocycles. The van der Waals surface area contributed by atoms with E-state index in [1.165, 1.54) is 38.5 Å². The highest BCUT2D eigenvalue weighted by molar-refractivity contribution is 5.44. The zero-order valence-corrected chi connectivity index (χ0v) is 12.3. The van der Waals surface area contributed by atoms with Crippen LogP contribution in [0.1, 0.15) is 38.5 Å². The topological polar surface area (TPSA) is 42.7 Å². The number of nitrogens with one attached hydrogen (secondary N) is 1. The summed E-state index contributed by atoms with van der Waals surface area (Å²) in [5.74, 6) is 2.92. The van der Waals surface area contributed by atoms with Crippen LogP contribution in [0.25, 0.3) is 5.82 Å². The molecule has 2 unspecified atom stereocenters. The average molecular weight is 282 g/mol. The number of hydrogen-bond donors (Lipinski definition) is 1. The molecule has 4 rings (SSSR count). The van der Waals surface area contributed by atoms with Crippen LogP contribution >= 0.6 is 0 Å². The van der Waals surface area contributed by atoms with E-state index in [2.05, 4.69) is 21.4 Å². The van der Waals surface area contributed by atoms with Gasteiger partial charge in [-0.3, -0.25) is 4.57 Å². The van der Waals surface area contributed by atoms with Gasteiger partial charge in [0.25, 0.3) is 0 Å². The van der Waals surface area contributed by atoms with Crippen molar-refractivity contribution in [3.8, 4) is 5.82 Å². The third-order valence-electron chi connectivity index (χ3n) is 4.89. The number of imidazole rings is 1. The Balaban J connectivity index is 1.40. The van der Waals surface area contributed by atoms with Crippen LogP contribution in [-0.4, -0.2) is 20.6 Å². The van der Waals surface area contributed by atoms with Gasteiger partial charge in [0.05, 0.1) is 11.9 Å². The maximum absolute atomic E-state index is 4.51. The second kappa shape index (κ2) is 5.51. The van der Waals surface area contributed by atoms with Crippen molar-refractivity contribution >= 4 is 5.69 Å². The number of hydrogen-bond acceptors (Lipinski definition) is 3. The van der Waals surface area contributed by atoms with Gasteiger partial charge in [0.1, 0.15) is 12.1 Å². The molecule has 1 N–H and O–H groups in total. The van der Waals surface area contributed by atoms with Gasteiger partial charge in [-0.25, -0.2) is 9.97 Å². The van der Waals surface area contributed by atoms with Gasteiger partial charge in [-0.05, 0) is 49.7 Å². The molecule has 0 amide bonds. The van der Waals surface area contributed by atoms with Crippen LogP contribution in [-0.2, 0) is 0 Å². The molecule has 0 bridgehead atoms. The number of aromatic nitrogens is 3. The molecule has 2 aromatic rings. The molecule has 4 nitrogen and oxygen atoms in total. The first-order valence-electron chi connectivity index (χ1n) is 8.09. The number of anilines is 1. The van der Waals surface area contributed by atoms with Crippen LogP contribution in [0.4, 0.5) is 5.69 Å². The largest absolute Gasteiger partial charge is 0.381 e. The zero-order valence-electron chi connectivity index (χ0n) is 12.3. The monoisotopic (exact) mass is 282 g/mol. The summed E-state index contributed by atoms with van der Waals surface area (Å²) in [6.45, 7) is 0. The number of nitrogens with zero attached hydrogens (tertiary/aromatic N) is 3. The smallest absolute Gasteiger partial charge is 0.137 e. The SMILES string of the molecule is c1cn(-c2ccc(NC3CCCC(C4CC4)C3)cn2)cn1. The molecule has 0 spiro atoms. The van der Waals surface area contributed by atoms with Gasteiger partial charge in [-0.15, -0.1) is 0 Å². The standard InChI is InChI=1S/C17H22N4/c1-2-14(13-4-5-13)10-15(3-1)20-16-6-7-17(19-11-16)21-9-8-18-12-21/h6-9,11-15,20H,1-5,10H2. The van der Waals surface area contributed by atoms with E-state index in [9.17, 15) is 0 Å². The summed E-state index contributed by atoms with van der Waals surface area (Å²) < 4.78 is 1.92. The lowest BCUT2D eigenvalue weighted by Gasteiger charge is -2.30. The van der Waals surface area contributed by atoms with E-state index in [-0.39, 0.29) is 0 Å². The highest BCUT2D eigenvalue weighted by atomic mass is 15.1. The molecule has 4 heteroatoms. The summed E-state index contributed by atoms with van der Waals surface area (Å²) in [6.07, 6.45) is 15.8. The van der Waals surface area contributed by atoms with E-state index < -0.39 is 0 Å². The molecule has 2 heterocycles. The lowest BCUT2D eigenvalue weighted by atomic mass is 9.82. The van der Waals surface area contributed by atoms with Crippen LogP contribution in [0.5, 0.6) is 0 Å². The van der Waals surface area contributed by atoms with Crippen molar-refractivity contribution in [2.24, 2.45) is 11.8 Å². The molecular weight excluding hydrogens is 260 g/mol. The van der Waals surface area contributed by atoms with Crippen LogP contribution in [0.15, 0.2) is 37.1 Å². The van der Waals surface area contributed by atoms with E-state index >= 15 is 0 Å². The summed E-state index contributed by atoms with van der Waals surface area (Å²) in [6, 6.07) is 4.80. The van der Waals surface area contributed by atoms with Gasteiger partial charge in [0, 0.05) is 18.4 Å². The molecule has 2 aliphatic rings. The van der Waals surface area contributed by atoms with Crippen molar-refractivity contribution in [1.82, 2.24) is 14.5 Å². The Bertz CT molecular complexity index is 571. The third kappa shape index (κ3) is 2.94. The van der Waals surface area contributed by atoms with Gasteiger partial charge in [-0.2, -0.15) is 0 Å². The second-order valence-electron chi connectivity index (χ2n) is 6.48. The van der Waals surface area contributed by atoms with Crippen molar-refractivity contribution in [1.29, 1.82) is 0 Å². The summed E-state index contributed by atoms with van der Waals surface area (Å²) in [5, 5.41) is 3.68. The fraction of sp³-hybridized carbons (Fsp3) is 0.529. The summed E-state index contributed by atoms with van der Waals surface area (Å²) >= 11 is 0. The predicted octanol–water partition coefficient (Wildman–Crippen LogP) is 3.65. The molecule has 0 aliphatic heterocycles. The normalized spacial score (nSPS) is 25.7. The highest BCUT2D eigenvalue weighted by Gasteiger charge is 2.34. The van der Waals surface area contributed by atoms with Gasteiger partial charge in [0.2, 0.25) is 0 Å². The summed E-state index contributed by atoms with van der Waals surface area (Å²) in [5.41, 5.74) is 1.14. The second-order valence-corrected chi connectivity index (χ2v) is 6.48. The maximum atomic E-state index is 4.51. The van der Waals surface area contributed by atoms with E-state index in [0.717, 1.165) is 23.3 Å². The maximum Gasteiger partial charge on any atom is 0.137 e. The molecule has 0 radical (unpaired) electrons. The summed E-state index contributed by atoms with van der Waals surface area (Å²) in [7, 11) is 0. The van der Waals surface area contributed by atoms with E-state index in [1.54, 1.807) is 12.5 Å². The fourth-order valence-electron chi connectivity index (χ4n) is 3.61. The molecule has 2 atom stereocenters. The molecule has 110 valence electrons. The quantitative estimate of drug-likeness (QED) is 0.931. The molecule has 21 heavy (non-hydrogen) atoms. The van der Waals surface area contributed by atoms with Crippen molar-refractivity contribution in [2.75, 3.05) is 5.32 Å². The molecule has 0 aromatic carbocycles. The van der Waals surface area contributed by atoms with Gasteiger partial charge in [-0.1, -0.05) is 12.8 Å². The lowest BCUT2D eigenvalue weighted by Crippen LogP contribution is -2.28. The van der Waals surface area contributed by atoms with Gasteiger partial charge < -0.3 is 5.32 Å². The van der Waals surface area contributed by atoms with Crippen LogP contribution < -0.4 is 5.32 Å². The summed E-state index contributed by atoms with van der Waals surface area (Å²) in [4.78, 5) is 8.57. The molecule has 2 aromatic heterocycles. The number of rotatable bonds is 4. The minimum atomic E-state index is 0.630. The fourth-order valence-corrected chi connectivity index (χ4v) is 3.61. The minimum absolute atomic E-state index is 0.630. The van der Waals surface area contributed by atoms with E-state index in [1.807, 2.05) is 23.0 Å². The zero-order chi connectivity index (χ0) is 14.1. The van der Waals surface area contributed by atoms with Gasteiger partial charge in [0.15, 0.2) is 0 Å².